The van der Waals surface area contributed by atoms with E-state index in [0.29, 0.717) is 11.3 Å². The van der Waals surface area contributed by atoms with E-state index in [2.05, 4.69) is 31.0 Å². The molecule has 0 aromatic rings. The molecule has 18 heavy (non-hydrogen) atoms. The van der Waals surface area contributed by atoms with Crippen LogP contribution in [0.4, 0.5) is 0 Å². The van der Waals surface area contributed by atoms with E-state index in [4.69, 9.17) is 0 Å². The topological polar surface area (TPSA) is 32.3 Å². The first-order chi connectivity index (χ1) is 7.93. The van der Waals surface area contributed by atoms with E-state index in [-0.39, 0.29) is 17.9 Å². The molecule has 106 valence electrons. The van der Waals surface area contributed by atoms with Gasteiger partial charge in [0.05, 0.1) is 5.54 Å². The fraction of sp³-hybridized carbons (Fsp3) is 0.929. The van der Waals surface area contributed by atoms with Crippen molar-refractivity contribution < 1.29 is 4.79 Å². The number of hydrogen-bond acceptors (Lipinski definition) is 2. The molecule has 0 aromatic carbocycles. The lowest BCUT2D eigenvalue weighted by Gasteiger charge is -2.42. The first-order valence-electron chi connectivity index (χ1n) is 6.97. The van der Waals surface area contributed by atoms with Crippen molar-refractivity contribution in [2.24, 2.45) is 5.41 Å². The first kappa shape index (κ1) is 15.8. The highest BCUT2D eigenvalue weighted by Crippen LogP contribution is 2.31. The largest absolute Gasteiger partial charge is 0.341 e. The van der Waals surface area contributed by atoms with Crippen LogP contribution in [0.15, 0.2) is 0 Å². The highest BCUT2D eigenvalue weighted by molar-refractivity contribution is 5.86. The number of carbonyl (C=O) groups is 1. The highest BCUT2D eigenvalue weighted by Gasteiger charge is 2.39. The third-order valence-electron chi connectivity index (χ3n) is 4.49. The van der Waals surface area contributed by atoms with E-state index in [1.807, 2.05) is 0 Å². The maximum absolute atomic E-state index is 12.5. The summed E-state index contributed by atoms with van der Waals surface area (Å²) in [4.78, 5) is 14.6. The van der Waals surface area contributed by atoms with E-state index >= 15 is 0 Å². The summed E-state index contributed by atoms with van der Waals surface area (Å²) in [6.07, 6.45) is 5.64. The molecular formula is C14H27ClN2O. The molecule has 1 amide bonds. The van der Waals surface area contributed by atoms with E-state index in [1.165, 1.54) is 12.8 Å². The van der Waals surface area contributed by atoms with Gasteiger partial charge in [-0.05, 0) is 51.0 Å². The number of amides is 1. The Morgan fingerprint density at radius 1 is 1.06 bits per heavy atom. The van der Waals surface area contributed by atoms with Crippen LogP contribution in [0, 0.1) is 5.41 Å². The minimum absolute atomic E-state index is 0. The number of hydrogen-bond donors (Lipinski definition) is 1. The second kappa shape index (κ2) is 5.79. The first-order valence-corrected chi connectivity index (χ1v) is 6.97. The van der Waals surface area contributed by atoms with Crippen molar-refractivity contribution in [1.29, 1.82) is 0 Å². The van der Waals surface area contributed by atoms with E-state index in [0.717, 1.165) is 38.9 Å². The molecule has 2 saturated heterocycles. The Labute approximate surface area is 117 Å². The molecule has 0 saturated carbocycles. The van der Waals surface area contributed by atoms with Gasteiger partial charge < -0.3 is 10.2 Å². The third-order valence-corrected chi connectivity index (χ3v) is 4.49. The van der Waals surface area contributed by atoms with Gasteiger partial charge in [-0.2, -0.15) is 0 Å². The van der Waals surface area contributed by atoms with Gasteiger partial charge in [0.15, 0.2) is 0 Å². The van der Waals surface area contributed by atoms with Crippen molar-refractivity contribution in [3.8, 4) is 0 Å². The summed E-state index contributed by atoms with van der Waals surface area (Å²) < 4.78 is 0. The zero-order valence-electron chi connectivity index (χ0n) is 11.9. The lowest BCUT2D eigenvalue weighted by molar-refractivity contribution is -0.140. The van der Waals surface area contributed by atoms with Gasteiger partial charge in [0.1, 0.15) is 0 Å². The van der Waals surface area contributed by atoms with Crippen LogP contribution in [0.2, 0.25) is 0 Å². The second-order valence-corrected chi connectivity index (χ2v) is 6.67. The van der Waals surface area contributed by atoms with Gasteiger partial charge in [0.2, 0.25) is 5.91 Å². The summed E-state index contributed by atoms with van der Waals surface area (Å²) in [5.74, 6) is 0.327. The number of nitrogens with one attached hydrogen (secondary N) is 1. The Morgan fingerprint density at radius 3 is 2.17 bits per heavy atom. The average molecular weight is 275 g/mol. The quantitative estimate of drug-likeness (QED) is 0.797. The van der Waals surface area contributed by atoms with Crippen LogP contribution in [-0.2, 0) is 4.79 Å². The van der Waals surface area contributed by atoms with E-state index in [9.17, 15) is 4.79 Å². The van der Waals surface area contributed by atoms with Gasteiger partial charge in [-0.15, -0.1) is 12.4 Å². The minimum atomic E-state index is -0.292. The van der Waals surface area contributed by atoms with Crippen LogP contribution >= 0.6 is 12.4 Å². The summed E-state index contributed by atoms with van der Waals surface area (Å²) in [6.45, 7) is 9.53. The Morgan fingerprint density at radius 2 is 1.67 bits per heavy atom. The van der Waals surface area contributed by atoms with Crippen LogP contribution in [0.3, 0.4) is 0 Å². The zero-order chi connectivity index (χ0) is 12.5. The molecule has 1 unspecified atom stereocenters. The molecular weight excluding hydrogens is 248 g/mol. The lowest BCUT2D eigenvalue weighted by Crippen LogP contribution is -2.59. The minimum Gasteiger partial charge on any atom is -0.341 e. The summed E-state index contributed by atoms with van der Waals surface area (Å²) in [5, 5.41) is 3.42. The Hall–Kier alpha value is -0.280. The van der Waals surface area contributed by atoms with Crippen molar-refractivity contribution >= 4 is 18.3 Å². The molecule has 0 bridgehead atoms. The number of carbonyl (C=O) groups excluding carboxylic acids is 1. The van der Waals surface area contributed by atoms with Gasteiger partial charge in [-0.1, -0.05) is 13.8 Å². The fourth-order valence-corrected chi connectivity index (χ4v) is 2.90. The molecule has 2 aliphatic heterocycles. The predicted octanol–water partition coefficient (Wildman–Crippen LogP) is 2.59. The Balaban J connectivity index is 0.00000162. The normalized spacial score (nSPS) is 31.6. The monoisotopic (exact) mass is 274 g/mol. The molecule has 3 nitrogen and oxygen atoms in total. The second-order valence-electron chi connectivity index (χ2n) is 6.67. The molecule has 4 heteroatoms. The average Bonchev–Trinajstić information content (AvgIpc) is 2.29. The van der Waals surface area contributed by atoms with Gasteiger partial charge in [-0.25, -0.2) is 0 Å². The smallest absolute Gasteiger partial charge is 0.242 e. The molecule has 0 radical (unpaired) electrons. The molecule has 1 N–H and O–H groups in total. The summed E-state index contributed by atoms with van der Waals surface area (Å²) in [7, 11) is 0. The molecule has 2 rings (SSSR count). The van der Waals surface area contributed by atoms with Crippen LogP contribution in [0.1, 0.15) is 52.9 Å². The number of rotatable bonds is 1. The lowest BCUT2D eigenvalue weighted by atomic mass is 9.81. The van der Waals surface area contributed by atoms with Gasteiger partial charge in [0.25, 0.3) is 0 Å². The van der Waals surface area contributed by atoms with Crippen LogP contribution in [-0.4, -0.2) is 36.0 Å². The van der Waals surface area contributed by atoms with Crippen molar-refractivity contribution in [2.75, 3.05) is 19.6 Å². The molecule has 2 fully saturated rings. The highest BCUT2D eigenvalue weighted by atomic mass is 35.5. The number of nitrogens with zero attached hydrogens (tertiary/aromatic N) is 1. The van der Waals surface area contributed by atoms with Crippen molar-refractivity contribution in [2.45, 2.75) is 58.4 Å². The Bertz CT molecular complexity index is 288. The van der Waals surface area contributed by atoms with Crippen molar-refractivity contribution in [3.63, 3.8) is 0 Å². The molecule has 2 heterocycles. The Kier molecular flexibility index (Phi) is 5.07. The number of piperidine rings is 2. The summed E-state index contributed by atoms with van der Waals surface area (Å²) >= 11 is 0. The molecule has 0 aromatic heterocycles. The number of likely N-dealkylation sites (tertiary alicyclic amines) is 1. The molecule has 1 atom stereocenters. The maximum atomic E-state index is 12.5. The van der Waals surface area contributed by atoms with Crippen LogP contribution < -0.4 is 5.32 Å². The predicted molar refractivity (Wildman–Crippen MR) is 77.1 cm³/mol. The van der Waals surface area contributed by atoms with Crippen molar-refractivity contribution in [3.05, 3.63) is 0 Å². The van der Waals surface area contributed by atoms with E-state index < -0.39 is 0 Å². The van der Waals surface area contributed by atoms with Gasteiger partial charge in [-0.3, -0.25) is 4.79 Å². The van der Waals surface area contributed by atoms with Gasteiger partial charge in [0, 0.05) is 13.1 Å². The summed E-state index contributed by atoms with van der Waals surface area (Å²) in [5.41, 5.74) is 0.122. The van der Waals surface area contributed by atoms with Gasteiger partial charge >= 0.3 is 0 Å². The molecule has 2 aliphatic rings. The third kappa shape index (κ3) is 3.39. The molecule has 0 spiro atoms. The van der Waals surface area contributed by atoms with Crippen molar-refractivity contribution in [1.82, 2.24) is 10.2 Å². The maximum Gasteiger partial charge on any atom is 0.242 e. The van der Waals surface area contributed by atoms with Crippen LogP contribution in [0.5, 0.6) is 0 Å². The standard InChI is InChI=1S/C14H26N2O.ClH/c1-13(2)7-10-16(11-8-13)12(17)14(3)6-4-5-9-15-14;/h15H,4-11H2,1-3H3;1H. The number of halogens is 1. The van der Waals surface area contributed by atoms with E-state index in [1.54, 1.807) is 0 Å². The fourth-order valence-electron chi connectivity index (χ4n) is 2.90. The SMILES string of the molecule is CC1(C)CCN(C(=O)C2(C)CCCCN2)CC1.Cl. The molecule has 0 aliphatic carbocycles. The van der Waals surface area contributed by atoms with Crippen LogP contribution in [0.25, 0.3) is 0 Å². The summed E-state index contributed by atoms with van der Waals surface area (Å²) in [6, 6.07) is 0. The zero-order valence-corrected chi connectivity index (χ0v) is 12.7.